The van der Waals surface area contributed by atoms with Crippen LogP contribution in [0.2, 0.25) is 0 Å². The highest BCUT2D eigenvalue weighted by Crippen LogP contribution is 2.32. The van der Waals surface area contributed by atoms with E-state index in [-0.39, 0.29) is 18.8 Å². The topological polar surface area (TPSA) is 88.1 Å². The van der Waals surface area contributed by atoms with E-state index in [0.29, 0.717) is 5.57 Å². The lowest BCUT2D eigenvalue weighted by atomic mass is 9.92. The van der Waals surface area contributed by atoms with Gasteiger partial charge in [-0.2, -0.15) is 0 Å². The molecular weight excluding hydrogens is 535 g/mol. The van der Waals surface area contributed by atoms with Gasteiger partial charge < -0.3 is 18.9 Å². The normalized spacial score (nSPS) is 21.4. The molecule has 9 heteroatoms. The predicted molar refractivity (Wildman–Crippen MR) is 151 cm³/mol. The van der Waals surface area contributed by atoms with Gasteiger partial charge in [0.1, 0.15) is 24.6 Å². The summed E-state index contributed by atoms with van der Waals surface area (Å²) in [6.07, 6.45) is 1.53. The van der Waals surface area contributed by atoms with Gasteiger partial charge in [-0.05, 0) is 49.2 Å². The van der Waals surface area contributed by atoms with Gasteiger partial charge >= 0.3 is 17.9 Å². The van der Waals surface area contributed by atoms with Gasteiger partial charge in [-0.25, -0.2) is 4.39 Å². The number of carbonyl (C=O) groups is 3. The molecule has 7 nitrogen and oxygen atoms in total. The van der Waals surface area contributed by atoms with Crippen LogP contribution in [0.4, 0.5) is 4.39 Å². The molecule has 1 aromatic carbocycles. The first kappa shape index (κ1) is 31.0. The first-order chi connectivity index (χ1) is 18.9. The molecular formula is C31H35FO7S. The molecule has 0 saturated carbocycles. The lowest BCUT2D eigenvalue weighted by Gasteiger charge is -2.40. The lowest BCUT2D eigenvalue weighted by molar-refractivity contribution is -0.205. The third-order valence-corrected chi connectivity index (χ3v) is 7.54. The van der Waals surface area contributed by atoms with Gasteiger partial charge in [-0.3, -0.25) is 14.4 Å². The van der Waals surface area contributed by atoms with Gasteiger partial charge in [0.05, 0.1) is 6.10 Å². The minimum Gasteiger partial charge on any atom is -0.463 e. The van der Waals surface area contributed by atoms with E-state index >= 15 is 0 Å². The summed E-state index contributed by atoms with van der Waals surface area (Å²) in [4.78, 5) is 37.3. The van der Waals surface area contributed by atoms with Crippen LogP contribution in [0, 0.1) is 5.82 Å². The van der Waals surface area contributed by atoms with Crippen LogP contribution in [0.5, 0.6) is 0 Å². The maximum atomic E-state index is 13.3. The molecule has 0 unspecified atom stereocenters. The van der Waals surface area contributed by atoms with Crippen LogP contribution in [0.1, 0.15) is 45.9 Å². The Hall–Kier alpha value is -3.56. The number of hydrogen-bond acceptors (Lipinski definition) is 8. The van der Waals surface area contributed by atoms with Crippen LogP contribution < -0.4 is 0 Å². The molecule has 214 valence electrons. The zero-order chi connectivity index (χ0) is 29.4. The van der Waals surface area contributed by atoms with Gasteiger partial charge in [0.15, 0.2) is 6.10 Å². The van der Waals surface area contributed by atoms with Crippen molar-refractivity contribution in [2.75, 3.05) is 6.61 Å². The maximum Gasteiger partial charge on any atom is 0.303 e. The van der Waals surface area contributed by atoms with Crippen LogP contribution in [-0.2, 0) is 39.8 Å². The Morgan fingerprint density at radius 1 is 0.975 bits per heavy atom. The molecule has 0 aliphatic carbocycles. The number of halogens is 1. The molecule has 1 aliphatic heterocycles. The predicted octanol–water partition coefficient (Wildman–Crippen LogP) is 6.13. The van der Waals surface area contributed by atoms with E-state index in [1.807, 2.05) is 26.0 Å². The average Bonchev–Trinajstić information content (AvgIpc) is 3.35. The molecule has 0 radical (unpaired) electrons. The van der Waals surface area contributed by atoms with Crippen LogP contribution >= 0.6 is 11.3 Å². The van der Waals surface area contributed by atoms with E-state index in [4.69, 9.17) is 18.9 Å². The van der Waals surface area contributed by atoms with E-state index in [0.717, 1.165) is 28.0 Å². The van der Waals surface area contributed by atoms with E-state index < -0.39 is 42.3 Å². The first-order valence-corrected chi connectivity index (χ1v) is 13.8. The Kier molecular flexibility index (Phi) is 11.0. The Labute approximate surface area is 238 Å². The van der Waals surface area contributed by atoms with Crippen molar-refractivity contribution in [2.24, 2.45) is 0 Å². The van der Waals surface area contributed by atoms with Crippen molar-refractivity contribution in [3.05, 3.63) is 82.5 Å². The zero-order valence-corrected chi connectivity index (χ0v) is 24.2. The molecule has 2 heterocycles. The van der Waals surface area contributed by atoms with Crippen molar-refractivity contribution in [1.29, 1.82) is 0 Å². The summed E-state index contributed by atoms with van der Waals surface area (Å²) in [6, 6.07) is 10.6. The number of thiophene rings is 1. The summed E-state index contributed by atoms with van der Waals surface area (Å²) in [6.45, 7) is 12.0. The Balaban J connectivity index is 1.76. The smallest absolute Gasteiger partial charge is 0.303 e. The molecule has 3 rings (SSSR count). The Morgan fingerprint density at radius 3 is 2.27 bits per heavy atom. The van der Waals surface area contributed by atoms with E-state index in [9.17, 15) is 18.8 Å². The minimum absolute atomic E-state index is 0.0356. The molecule has 1 aliphatic rings. The summed E-state index contributed by atoms with van der Waals surface area (Å²) in [7, 11) is 0. The molecule has 4 atom stereocenters. The maximum absolute atomic E-state index is 13.3. The molecule has 2 aromatic rings. The monoisotopic (exact) mass is 570 g/mol. The third-order valence-electron chi connectivity index (χ3n) is 6.41. The van der Waals surface area contributed by atoms with Crippen molar-refractivity contribution in [1.82, 2.24) is 0 Å². The standard InChI is InChI=1S/C31H35FO7S/c1-18(20(3)15-27-13-14-29(40-27)24-9-11-25(32)12-10-24)7-8-19(2)30-31(38-23(6)35)28(37-22(5)34)16-26(39-30)17-36-21(4)33/h7-14,26,28,30-31H,2,15-17H2,1,3-6H3/b8-7-,20-18+/t26-,28-,30-,31+/m0/s1. The largest absolute Gasteiger partial charge is 0.463 e. The number of esters is 3. The second kappa shape index (κ2) is 14.2. The fraction of sp³-hybridized carbons (Fsp3) is 0.387. The summed E-state index contributed by atoms with van der Waals surface area (Å²) in [5.41, 5.74) is 3.65. The summed E-state index contributed by atoms with van der Waals surface area (Å²) < 4.78 is 35.5. The first-order valence-electron chi connectivity index (χ1n) is 12.9. The fourth-order valence-corrected chi connectivity index (χ4v) is 5.41. The summed E-state index contributed by atoms with van der Waals surface area (Å²) in [5, 5.41) is 0. The van der Waals surface area contributed by atoms with Crippen molar-refractivity contribution in [3.63, 3.8) is 0 Å². The van der Waals surface area contributed by atoms with E-state index in [1.54, 1.807) is 29.5 Å². The second-order valence-electron chi connectivity index (χ2n) is 9.76. The molecule has 40 heavy (non-hydrogen) atoms. The SMILES string of the molecule is C=C(/C=C\C(C)=C(/C)Cc1ccc(-c2ccc(F)cc2)s1)[C@@H]1O[C@H](COC(C)=O)C[C@H](OC(C)=O)[C@H]1OC(C)=O. The Morgan fingerprint density at radius 2 is 1.65 bits per heavy atom. The number of ether oxygens (including phenoxy) is 4. The van der Waals surface area contributed by atoms with Crippen molar-refractivity contribution in [2.45, 2.75) is 71.9 Å². The van der Waals surface area contributed by atoms with Crippen LogP contribution in [0.3, 0.4) is 0 Å². The number of benzene rings is 1. The Bertz CT molecular complexity index is 1290. The second-order valence-corrected chi connectivity index (χ2v) is 10.9. The zero-order valence-electron chi connectivity index (χ0n) is 23.4. The highest BCUT2D eigenvalue weighted by Gasteiger charge is 2.44. The molecule has 1 fully saturated rings. The van der Waals surface area contributed by atoms with Crippen molar-refractivity contribution in [3.8, 4) is 10.4 Å². The van der Waals surface area contributed by atoms with Gasteiger partial charge in [0, 0.05) is 43.4 Å². The molecule has 0 spiro atoms. The van der Waals surface area contributed by atoms with Gasteiger partial charge in [-0.15, -0.1) is 11.3 Å². The van der Waals surface area contributed by atoms with E-state index in [2.05, 4.69) is 12.6 Å². The number of hydrogen-bond donors (Lipinski definition) is 0. The van der Waals surface area contributed by atoms with Crippen molar-refractivity contribution >= 4 is 29.2 Å². The van der Waals surface area contributed by atoms with Crippen LogP contribution in [0.25, 0.3) is 10.4 Å². The van der Waals surface area contributed by atoms with Crippen molar-refractivity contribution < 1.29 is 37.7 Å². The number of allylic oxidation sites excluding steroid dienone is 3. The lowest BCUT2D eigenvalue weighted by Crippen LogP contribution is -2.53. The summed E-state index contributed by atoms with van der Waals surface area (Å²) >= 11 is 1.66. The fourth-order valence-electron chi connectivity index (χ4n) is 4.31. The number of rotatable bonds is 10. The van der Waals surface area contributed by atoms with Gasteiger partial charge in [0.2, 0.25) is 0 Å². The van der Waals surface area contributed by atoms with Gasteiger partial charge in [-0.1, -0.05) is 42.0 Å². The minimum atomic E-state index is -0.909. The molecule has 0 amide bonds. The third kappa shape index (κ3) is 8.99. The molecule has 0 bridgehead atoms. The molecule has 0 N–H and O–H groups in total. The number of carbonyl (C=O) groups excluding carboxylic acids is 3. The molecule has 1 saturated heterocycles. The van der Waals surface area contributed by atoms with E-state index in [1.165, 1.54) is 37.8 Å². The van der Waals surface area contributed by atoms with Crippen LogP contribution in [0.15, 0.2) is 71.8 Å². The molecule has 1 aromatic heterocycles. The quantitative estimate of drug-likeness (QED) is 0.193. The summed E-state index contributed by atoms with van der Waals surface area (Å²) in [5.74, 6) is -1.80. The average molecular weight is 571 g/mol. The highest BCUT2D eigenvalue weighted by molar-refractivity contribution is 7.15. The van der Waals surface area contributed by atoms with Crippen LogP contribution in [-0.4, -0.2) is 48.9 Å². The highest BCUT2D eigenvalue weighted by atomic mass is 32.1. The van der Waals surface area contributed by atoms with Gasteiger partial charge in [0.25, 0.3) is 0 Å².